The molecule has 0 heterocycles. The van der Waals surface area contributed by atoms with Gasteiger partial charge >= 0.3 is 0 Å². The van der Waals surface area contributed by atoms with Gasteiger partial charge in [-0.25, -0.2) is 0 Å². The van der Waals surface area contributed by atoms with Crippen molar-refractivity contribution in [3.8, 4) is 6.07 Å². The predicted octanol–water partition coefficient (Wildman–Crippen LogP) is 5.17. The van der Waals surface area contributed by atoms with E-state index in [0.29, 0.717) is 12.0 Å². The van der Waals surface area contributed by atoms with Crippen LogP contribution in [0.1, 0.15) is 33.5 Å². The Morgan fingerprint density at radius 2 is 1.31 bits per heavy atom. The fraction of sp³-hybridized carbons (Fsp3) is 0.0833. The van der Waals surface area contributed by atoms with E-state index in [1.807, 2.05) is 91.0 Å². The molecule has 0 amide bonds. The summed E-state index contributed by atoms with van der Waals surface area (Å²) in [5.74, 6) is 0.0205. The molecule has 0 radical (unpaired) electrons. The van der Waals surface area contributed by atoms with Gasteiger partial charge in [-0.3, -0.25) is 4.79 Å². The highest BCUT2D eigenvalue weighted by molar-refractivity contribution is 6.18. The van der Waals surface area contributed by atoms with E-state index < -0.39 is 5.41 Å². The normalized spacial score (nSPS) is 13.0. The van der Waals surface area contributed by atoms with E-state index in [2.05, 4.69) is 6.07 Å². The second kappa shape index (κ2) is 6.46. The maximum atomic E-state index is 12.9. The molecule has 0 atom stereocenters. The zero-order valence-electron chi connectivity index (χ0n) is 14.2. The lowest BCUT2D eigenvalue weighted by atomic mass is 9.71. The van der Waals surface area contributed by atoms with E-state index in [9.17, 15) is 10.1 Å². The van der Waals surface area contributed by atoms with Crippen molar-refractivity contribution in [1.82, 2.24) is 0 Å². The lowest BCUT2D eigenvalue weighted by Gasteiger charge is -2.28. The smallest absolute Gasteiger partial charge is 0.189 e. The van der Waals surface area contributed by atoms with E-state index >= 15 is 0 Å². The minimum Gasteiger partial charge on any atom is -0.289 e. The van der Waals surface area contributed by atoms with Gasteiger partial charge in [0.2, 0.25) is 0 Å². The number of hydrogen-bond acceptors (Lipinski definition) is 2. The Bertz CT molecular complexity index is 987. The summed E-state index contributed by atoms with van der Waals surface area (Å²) in [4.78, 5) is 12.9. The van der Waals surface area contributed by atoms with Crippen molar-refractivity contribution in [1.29, 1.82) is 5.26 Å². The topological polar surface area (TPSA) is 40.9 Å². The van der Waals surface area contributed by atoms with Crippen LogP contribution in [0, 0.1) is 11.3 Å². The molecule has 124 valence electrons. The number of nitriles is 1. The van der Waals surface area contributed by atoms with Crippen LogP contribution in [-0.4, -0.2) is 5.78 Å². The second-order valence-corrected chi connectivity index (χ2v) is 6.51. The minimum absolute atomic E-state index is 0.0205. The number of fused-ring (bicyclic) bond motifs is 1. The lowest BCUT2D eigenvalue weighted by molar-refractivity contribution is 0.103. The summed E-state index contributed by atoms with van der Waals surface area (Å²) in [5.41, 5.74) is 3.24. The van der Waals surface area contributed by atoms with Crippen molar-refractivity contribution in [2.24, 2.45) is 0 Å². The van der Waals surface area contributed by atoms with Gasteiger partial charge in [0.15, 0.2) is 5.78 Å². The molecule has 0 aromatic heterocycles. The van der Waals surface area contributed by atoms with Gasteiger partial charge in [0, 0.05) is 17.6 Å². The number of carbonyl (C=O) groups excluding carboxylic acids is 1. The molecule has 2 heteroatoms. The molecule has 3 aromatic carbocycles. The number of benzene rings is 3. The van der Waals surface area contributed by atoms with E-state index in [0.717, 1.165) is 22.3 Å². The van der Waals surface area contributed by atoms with Crippen LogP contribution in [0.4, 0.5) is 0 Å². The molecule has 0 aliphatic heterocycles. The summed E-state index contributed by atoms with van der Waals surface area (Å²) in [6, 6.07) is 29.6. The number of carbonyl (C=O) groups is 1. The molecule has 0 fully saturated rings. The summed E-state index contributed by atoms with van der Waals surface area (Å²) in [7, 11) is 0. The molecule has 26 heavy (non-hydrogen) atoms. The Morgan fingerprint density at radius 3 is 1.85 bits per heavy atom. The number of nitrogens with zero attached hydrogens (tertiary/aromatic N) is 1. The fourth-order valence-electron chi connectivity index (χ4n) is 3.66. The third-order valence-corrected chi connectivity index (χ3v) is 5.01. The van der Waals surface area contributed by atoms with Crippen molar-refractivity contribution < 1.29 is 4.79 Å². The summed E-state index contributed by atoms with van der Waals surface area (Å²) in [6.45, 7) is 0. The molecular formula is C24H17NO. The highest BCUT2D eigenvalue weighted by Crippen LogP contribution is 2.40. The monoisotopic (exact) mass is 335 g/mol. The number of ketones is 1. The van der Waals surface area contributed by atoms with Crippen LogP contribution in [0.3, 0.4) is 0 Å². The SMILES string of the molecule is N#CC(CC1=Cc2ccccc2C1=O)(c1ccccc1)c1ccccc1. The van der Waals surface area contributed by atoms with E-state index in [1.165, 1.54) is 0 Å². The van der Waals surface area contributed by atoms with Crippen LogP contribution >= 0.6 is 0 Å². The first-order chi connectivity index (χ1) is 12.7. The van der Waals surface area contributed by atoms with Gasteiger partial charge in [-0.05, 0) is 22.8 Å². The molecule has 0 saturated carbocycles. The minimum atomic E-state index is -0.897. The summed E-state index contributed by atoms with van der Waals surface area (Å²) in [6.07, 6.45) is 2.28. The van der Waals surface area contributed by atoms with E-state index in [-0.39, 0.29) is 5.78 Å². The maximum Gasteiger partial charge on any atom is 0.189 e. The van der Waals surface area contributed by atoms with Crippen LogP contribution < -0.4 is 0 Å². The highest BCUT2D eigenvalue weighted by Gasteiger charge is 2.38. The third kappa shape index (κ3) is 2.55. The number of allylic oxidation sites excluding steroid dienone is 1. The average molecular weight is 335 g/mol. The van der Waals surface area contributed by atoms with E-state index in [1.54, 1.807) is 0 Å². The molecule has 0 saturated heterocycles. The molecular weight excluding hydrogens is 318 g/mol. The molecule has 0 bridgehead atoms. The van der Waals surface area contributed by atoms with Crippen LogP contribution in [0.25, 0.3) is 6.08 Å². The van der Waals surface area contributed by atoms with Crippen molar-refractivity contribution in [2.45, 2.75) is 11.8 Å². The lowest BCUT2D eigenvalue weighted by Crippen LogP contribution is -2.27. The Balaban J connectivity index is 1.84. The number of Topliss-reactive ketones (excluding diaryl/α,β-unsaturated/α-hetero) is 1. The molecule has 1 aliphatic rings. The Kier molecular flexibility index (Phi) is 3.99. The Hall–Kier alpha value is -3.44. The summed E-state index contributed by atoms with van der Waals surface area (Å²) < 4.78 is 0. The predicted molar refractivity (Wildman–Crippen MR) is 103 cm³/mol. The zero-order valence-corrected chi connectivity index (χ0v) is 14.2. The molecule has 4 rings (SSSR count). The summed E-state index contributed by atoms with van der Waals surface area (Å²) >= 11 is 0. The first-order valence-electron chi connectivity index (χ1n) is 8.61. The summed E-state index contributed by atoms with van der Waals surface area (Å²) in [5, 5.41) is 10.3. The van der Waals surface area contributed by atoms with Gasteiger partial charge in [-0.2, -0.15) is 5.26 Å². The Labute approximate surface area is 153 Å². The molecule has 1 aliphatic carbocycles. The van der Waals surface area contributed by atoms with Gasteiger partial charge in [0.05, 0.1) is 6.07 Å². The fourth-order valence-corrected chi connectivity index (χ4v) is 3.66. The number of rotatable bonds is 4. The maximum absolute atomic E-state index is 12.9. The molecule has 0 N–H and O–H groups in total. The van der Waals surface area contributed by atoms with Crippen molar-refractivity contribution in [2.75, 3.05) is 0 Å². The van der Waals surface area contributed by atoms with Crippen molar-refractivity contribution >= 4 is 11.9 Å². The van der Waals surface area contributed by atoms with Gasteiger partial charge in [-0.15, -0.1) is 0 Å². The van der Waals surface area contributed by atoms with Gasteiger partial charge < -0.3 is 0 Å². The standard InChI is InChI=1S/C24H17NO/c25-17-24(20-10-3-1-4-11-20,21-12-5-2-6-13-21)16-19-15-18-9-7-8-14-22(18)23(19)26/h1-15H,16H2. The van der Waals surface area contributed by atoms with Crippen LogP contribution in [0.5, 0.6) is 0 Å². The molecule has 2 nitrogen and oxygen atoms in total. The van der Waals surface area contributed by atoms with E-state index in [4.69, 9.17) is 0 Å². The molecule has 0 unspecified atom stereocenters. The first-order valence-corrected chi connectivity index (χ1v) is 8.61. The zero-order chi connectivity index (χ0) is 18.0. The Morgan fingerprint density at radius 1 is 0.769 bits per heavy atom. The van der Waals surface area contributed by atoms with Gasteiger partial charge in [-0.1, -0.05) is 84.9 Å². The first kappa shape index (κ1) is 16.1. The largest absolute Gasteiger partial charge is 0.289 e. The van der Waals surface area contributed by atoms with Crippen molar-refractivity contribution in [3.05, 3.63) is 113 Å². The third-order valence-electron chi connectivity index (χ3n) is 5.01. The second-order valence-electron chi connectivity index (χ2n) is 6.51. The highest BCUT2D eigenvalue weighted by atomic mass is 16.1. The van der Waals surface area contributed by atoms with Crippen molar-refractivity contribution in [3.63, 3.8) is 0 Å². The number of hydrogen-bond donors (Lipinski definition) is 0. The molecule has 3 aromatic rings. The molecule has 0 spiro atoms. The quantitative estimate of drug-likeness (QED) is 0.660. The van der Waals surface area contributed by atoms with Gasteiger partial charge in [0.25, 0.3) is 0 Å². The van der Waals surface area contributed by atoms with Crippen LogP contribution in [0.2, 0.25) is 0 Å². The average Bonchev–Trinajstić information content (AvgIpc) is 3.03. The van der Waals surface area contributed by atoms with Gasteiger partial charge in [0.1, 0.15) is 5.41 Å². The van der Waals surface area contributed by atoms with Crippen LogP contribution in [-0.2, 0) is 5.41 Å². The van der Waals surface area contributed by atoms with Crippen LogP contribution in [0.15, 0.2) is 90.5 Å².